The third kappa shape index (κ3) is 3.69. The van der Waals surface area contributed by atoms with Crippen LogP contribution in [0.2, 0.25) is 0 Å². The van der Waals surface area contributed by atoms with Gasteiger partial charge >= 0.3 is 0 Å². The Morgan fingerprint density at radius 2 is 1.95 bits per heavy atom. The maximum Gasteiger partial charge on any atom is 0.0594 e. The number of likely N-dealkylation sites (tertiary alicyclic amines) is 1. The van der Waals surface area contributed by atoms with Crippen LogP contribution in [0, 0.1) is 5.92 Å². The molecule has 0 aromatic heterocycles. The fourth-order valence-corrected chi connectivity index (χ4v) is 3.64. The van der Waals surface area contributed by atoms with E-state index < -0.39 is 0 Å². The SMILES string of the molecule is CCNC(CN1CCC(N2CCOCC2)C1)C1CC1. The van der Waals surface area contributed by atoms with Crippen LogP contribution in [-0.4, -0.2) is 74.4 Å². The molecule has 1 aliphatic carbocycles. The number of hydrogen-bond acceptors (Lipinski definition) is 4. The summed E-state index contributed by atoms with van der Waals surface area (Å²) in [7, 11) is 0. The lowest BCUT2D eigenvalue weighted by Crippen LogP contribution is -2.46. The van der Waals surface area contributed by atoms with Gasteiger partial charge in [-0.1, -0.05) is 6.92 Å². The molecule has 110 valence electrons. The Morgan fingerprint density at radius 3 is 2.63 bits per heavy atom. The van der Waals surface area contributed by atoms with Crippen molar-refractivity contribution in [2.45, 2.75) is 38.3 Å². The van der Waals surface area contributed by atoms with Crippen molar-refractivity contribution in [3.05, 3.63) is 0 Å². The van der Waals surface area contributed by atoms with Crippen molar-refractivity contribution >= 4 is 0 Å². The number of ether oxygens (including phenoxy) is 1. The van der Waals surface area contributed by atoms with Gasteiger partial charge in [0, 0.05) is 38.3 Å². The van der Waals surface area contributed by atoms with E-state index in [0.29, 0.717) is 0 Å². The standard InChI is InChI=1S/C15H29N3O/c1-2-16-15(13-3-4-13)12-17-6-5-14(11-17)18-7-9-19-10-8-18/h13-16H,2-12H2,1H3. The summed E-state index contributed by atoms with van der Waals surface area (Å²) in [5.74, 6) is 0.961. The van der Waals surface area contributed by atoms with Gasteiger partial charge < -0.3 is 15.0 Å². The van der Waals surface area contributed by atoms with Crippen LogP contribution in [0.3, 0.4) is 0 Å². The van der Waals surface area contributed by atoms with E-state index >= 15 is 0 Å². The summed E-state index contributed by atoms with van der Waals surface area (Å²) in [5, 5.41) is 3.69. The second-order valence-electron chi connectivity index (χ2n) is 6.35. The second kappa shape index (κ2) is 6.53. The molecule has 0 aromatic carbocycles. The molecule has 0 amide bonds. The molecular weight excluding hydrogens is 238 g/mol. The van der Waals surface area contributed by atoms with Gasteiger partial charge in [-0.2, -0.15) is 0 Å². The Kier molecular flexibility index (Phi) is 4.74. The summed E-state index contributed by atoms with van der Waals surface area (Å²) in [6.45, 7) is 11.3. The van der Waals surface area contributed by atoms with Crippen LogP contribution in [0.25, 0.3) is 0 Å². The Balaban J connectivity index is 1.45. The first-order chi connectivity index (χ1) is 9.36. The summed E-state index contributed by atoms with van der Waals surface area (Å²) >= 11 is 0. The van der Waals surface area contributed by atoms with Crippen LogP contribution in [0.1, 0.15) is 26.2 Å². The summed E-state index contributed by atoms with van der Waals surface area (Å²) in [5.41, 5.74) is 0. The Labute approximate surface area is 117 Å². The molecule has 2 heterocycles. The first kappa shape index (κ1) is 13.8. The molecule has 2 unspecified atom stereocenters. The van der Waals surface area contributed by atoms with Gasteiger partial charge in [-0.15, -0.1) is 0 Å². The molecule has 2 saturated heterocycles. The topological polar surface area (TPSA) is 27.7 Å². The van der Waals surface area contributed by atoms with Crippen molar-refractivity contribution in [3.8, 4) is 0 Å². The van der Waals surface area contributed by atoms with Gasteiger partial charge in [0.2, 0.25) is 0 Å². The molecule has 2 atom stereocenters. The van der Waals surface area contributed by atoms with Crippen LogP contribution < -0.4 is 5.32 Å². The Hall–Kier alpha value is -0.160. The zero-order valence-corrected chi connectivity index (χ0v) is 12.3. The molecule has 1 saturated carbocycles. The maximum atomic E-state index is 5.46. The summed E-state index contributed by atoms with van der Waals surface area (Å²) in [4.78, 5) is 5.33. The van der Waals surface area contributed by atoms with Gasteiger partial charge in [-0.3, -0.25) is 4.90 Å². The van der Waals surface area contributed by atoms with E-state index in [1.165, 1.54) is 38.9 Å². The van der Waals surface area contributed by atoms with E-state index in [1.807, 2.05) is 0 Å². The Morgan fingerprint density at radius 1 is 1.16 bits per heavy atom. The summed E-state index contributed by atoms with van der Waals surface area (Å²) in [6.07, 6.45) is 4.24. The molecule has 1 N–H and O–H groups in total. The molecule has 3 rings (SSSR count). The highest BCUT2D eigenvalue weighted by Crippen LogP contribution is 2.33. The van der Waals surface area contributed by atoms with Gasteiger partial charge in [-0.25, -0.2) is 0 Å². The van der Waals surface area contributed by atoms with Crippen molar-refractivity contribution in [1.82, 2.24) is 15.1 Å². The lowest BCUT2D eigenvalue weighted by molar-refractivity contribution is 0.0183. The second-order valence-corrected chi connectivity index (χ2v) is 6.35. The average molecular weight is 267 g/mol. The minimum absolute atomic E-state index is 0.744. The maximum absolute atomic E-state index is 5.46. The van der Waals surface area contributed by atoms with E-state index in [1.54, 1.807) is 0 Å². The van der Waals surface area contributed by atoms with Crippen LogP contribution in [0.15, 0.2) is 0 Å². The van der Waals surface area contributed by atoms with E-state index in [4.69, 9.17) is 4.74 Å². The smallest absolute Gasteiger partial charge is 0.0594 e. The minimum atomic E-state index is 0.744. The predicted molar refractivity (Wildman–Crippen MR) is 77.4 cm³/mol. The molecule has 0 aromatic rings. The molecule has 0 bridgehead atoms. The number of rotatable bonds is 6. The third-order valence-electron chi connectivity index (χ3n) is 4.92. The van der Waals surface area contributed by atoms with Crippen molar-refractivity contribution in [2.24, 2.45) is 5.92 Å². The number of hydrogen-bond donors (Lipinski definition) is 1. The van der Waals surface area contributed by atoms with Gasteiger partial charge in [-0.05, 0) is 38.3 Å². The van der Waals surface area contributed by atoms with Gasteiger partial charge in [0.15, 0.2) is 0 Å². The zero-order chi connectivity index (χ0) is 13.1. The average Bonchev–Trinajstić information content (AvgIpc) is 3.19. The molecule has 3 fully saturated rings. The molecule has 0 radical (unpaired) electrons. The van der Waals surface area contributed by atoms with E-state index in [2.05, 4.69) is 22.0 Å². The fraction of sp³-hybridized carbons (Fsp3) is 1.00. The molecule has 2 aliphatic heterocycles. The van der Waals surface area contributed by atoms with Gasteiger partial charge in [0.25, 0.3) is 0 Å². The number of likely N-dealkylation sites (N-methyl/N-ethyl adjacent to an activating group) is 1. The fourth-order valence-electron chi connectivity index (χ4n) is 3.64. The first-order valence-electron chi connectivity index (χ1n) is 8.14. The van der Waals surface area contributed by atoms with E-state index in [9.17, 15) is 0 Å². The molecule has 3 aliphatic rings. The van der Waals surface area contributed by atoms with Crippen molar-refractivity contribution in [1.29, 1.82) is 0 Å². The summed E-state index contributed by atoms with van der Waals surface area (Å²) < 4.78 is 5.46. The lowest BCUT2D eigenvalue weighted by Gasteiger charge is -2.32. The molecular formula is C15H29N3O. The largest absolute Gasteiger partial charge is 0.379 e. The van der Waals surface area contributed by atoms with Crippen LogP contribution in [-0.2, 0) is 4.74 Å². The highest BCUT2D eigenvalue weighted by Gasteiger charge is 2.34. The summed E-state index contributed by atoms with van der Waals surface area (Å²) in [6, 6.07) is 1.53. The normalized spacial score (nSPS) is 31.7. The number of nitrogens with zero attached hydrogens (tertiary/aromatic N) is 2. The van der Waals surface area contributed by atoms with Gasteiger partial charge in [0.1, 0.15) is 0 Å². The number of morpholine rings is 1. The van der Waals surface area contributed by atoms with Crippen LogP contribution in [0.5, 0.6) is 0 Å². The van der Waals surface area contributed by atoms with Crippen LogP contribution >= 0.6 is 0 Å². The lowest BCUT2D eigenvalue weighted by atomic mass is 10.1. The van der Waals surface area contributed by atoms with Crippen LogP contribution in [0.4, 0.5) is 0 Å². The quantitative estimate of drug-likeness (QED) is 0.770. The molecule has 0 spiro atoms. The number of nitrogens with one attached hydrogen (secondary N) is 1. The van der Waals surface area contributed by atoms with E-state index in [-0.39, 0.29) is 0 Å². The molecule has 19 heavy (non-hydrogen) atoms. The van der Waals surface area contributed by atoms with Crippen molar-refractivity contribution in [2.75, 3.05) is 52.5 Å². The molecule has 4 nitrogen and oxygen atoms in total. The zero-order valence-electron chi connectivity index (χ0n) is 12.3. The van der Waals surface area contributed by atoms with Crippen molar-refractivity contribution < 1.29 is 4.74 Å². The predicted octanol–water partition coefficient (Wildman–Crippen LogP) is 0.781. The van der Waals surface area contributed by atoms with Crippen molar-refractivity contribution in [3.63, 3.8) is 0 Å². The first-order valence-corrected chi connectivity index (χ1v) is 8.14. The third-order valence-corrected chi connectivity index (χ3v) is 4.92. The highest BCUT2D eigenvalue weighted by molar-refractivity contribution is 4.91. The highest BCUT2D eigenvalue weighted by atomic mass is 16.5. The van der Waals surface area contributed by atoms with E-state index in [0.717, 1.165) is 50.8 Å². The Bertz CT molecular complexity index is 277. The minimum Gasteiger partial charge on any atom is -0.379 e. The molecule has 4 heteroatoms. The van der Waals surface area contributed by atoms with Gasteiger partial charge in [0.05, 0.1) is 13.2 Å². The monoisotopic (exact) mass is 267 g/mol.